The molecule has 0 bridgehead atoms. The number of halogens is 2. The molecule has 17 nitrogen and oxygen atoms in total. The van der Waals surface area contributed by atoms with Crippen molar-refractivity contribution in [3.8, 4) is 17.2 Å². The monoisotopic (exact) mass is 1060 g/mol. The van der Waals surface area contributed by atoms with Crippen LogP contribution in [-0.2, 0) is 21.3 Å². The summed E-state index contributed by atoms with van der Waals surface area (Å²) in [6.45, 7) is 11.2. The topological polar surface area (TPSA) is 188 Å². The number of rotatable bonds is 17. The number of amides is 1. The number of aromatic amines is 1. The number of piperazine rings is 1. The molecule has 5 aliphatic rings. The maximum absolute atomic E-state index is 16.6. The molecule has 400 valence electrons. The number of pyridine rings is 1. The third-order valence-corrected chi connectivity index (χ3v) is 17.6. The number of nitrogens with one attached hydrogen (secondary N) is 3. The number of carbonyl (C=O) groups excluding carboxylic acids is 1. The number of methoxy groups -OCH3 is 1. The van der Waals surface area contributed by atoms with Gasteiger partial charge in [0.05, 0.1) is 53.6 Å². The molecule has 11 rings (SSSR count). The molecule has 1 atom stereocenters. The lowest BCUT2D eigenvalue weighted by molar-refractivity contribution is -0.384. The van der Waals surface area contributed by atoms with E-state index in [2.05, 4.69) is 80.2 Å². The number of hydrogen-bond donors (Lipinski definition) is 3. The van der Waals surface area contributed by atoms with E-state index in [4.69, 9.17) is 14.2 Å². The summed E-state index contributed by atoms with van der Waals surface area (Å²) in [7, 11) is -3.12. The zero-order valence-electron chi connectivity index (χ0n) is 42.8. The number of hydrogen-bond acceptors (Lipinski definition) is 14. The zero-order chi connectivity index (χ0) is 52.9. The molecule has 1 spiro atoms. The summed E-state index contributed by atoms with van der Waals surface area (Å²) >= 11 is 0. The number of fused-ring (bicyclic) bond motifs is 1. The largest absolute Gasteiger partial charge is 0.497 e. The predicted octanol–water partition coefficient (Wildman–Crippen LogP) is 8.80. The number of nitro groups is 1. The van der Waals surface area contributed by atoms with E-state index in [0.29, 0.717) is 62.4 Å². The van der Waals surface area contributed by atoms with Crippen molar-refractivity contribution in [1.29, 1.82) is 0 Å². The number of aromatic nitrogens is 2. The number of ether oxygens (including phenoxy) is 3. The molecule has 76 heavy (non-hydrogen) atoms. The van der Waals surface area contributed by atoms with E-state index in [1.807, 2.05) is 21.8 Å². The molecule has 4 aromatic carbocycles. The van der Waals surface area contributed by atoms with Crippen LogP contribution >= 0.6 is 0 Å². The Morgan fingerprint density at radius 1 is 0.961 bits per heavy atom. The summed E-state index contributed by atoms with van der Waals surface area (Å²) < 4.78 is 79.1. The second-order valence-electron chi connectivity index (χ2n) is 21.6. The van der Waals surface area contributed by atoms with Crippen molar-refractivity contribution in [2.75, 3.05) is 82.9 Å². The number of carbonyl (C=O) groups is 1. The van der Waals surface area contributed by atoms with Crippen LogP contribution in [0.3, 0.4) is 0 Å². The van der Waals surface area contributed by atoms with Gasteiger partial charge >= 0.3 is 0 Å². The van der Waals surface area contributed by atoms with E-state index in [-0.39, 0.29) is 59.8 Å². The Morgan fingerprint density at radius 3 is 2.43 bits per heavy atom. The average molecular weight is 1060 g/mol. The van der Waals surface area contributed by atoms with Crippen LogP contribution in [-0.4, -0.2) is 134 Å². The first-order valence-corrected chi connectivity index (χ1v) is 27.5. The number of benzene rings is 4. The van der Waals surface area contributed by atoms with Gasteiger partial charge < -0.3 is 29.4 Å². The first kappa shape index (κ1) is 51.4. The Hall–Kier alpha value is -6.71. The minimum Gasteiger partial charge on any atom is -0.497 e. The third kappa shape index (κ3) is 10.4. The van der Waals surface area contributed by atoms with E-state index < -0.39 is 48.5 Å². The highest BCUT2D eigenvalue weighted by molar-refractivity contribution is 7.90. The van der Waals surface area contributed by atoms with Crippen molar-refractivity contribution in [2.24, 2.45) is 5.41 Å². The summed E-state index contributed by atoms with van der Waals surface area (Å²) in [5.74, 6) is -0.687. The molecule has 4 aliphatic heterocycles. The number of anilines is 2. The van der Waals surface area contributed by atoms with Gasteiger partial charge in [-0.1, -0.05) is 50.2 Å². The molecule has 6 aromatic rings. The number of alkyl halides is 1. The van der Waals surface area contributed by atoms with E-state index in [1.54, 1.807) is 25.4 Å². The van der Waals surface area contributed by atoms with Gasteiger partial charge in [0.25, 0.3) is 21.6 Å². The average Bonchev–Trinajstić information content (AvgIpc) is 3.95. The molecule has 6 heterocycles. The summed E-state index contributed by atoms with van der Waals surface area (Å²) in [5, 5.41) is 15.8. The van der Waals surface area contributed by atoms with Gasteiger partial charge in [-0.2, -0.15) is 0 Å². The van der Waals surface area contributed by atoms with Crippen LogP contribution in [0.4, 0.5) is 25.8 Å². The molecular formula is C56H63F2N9O8S. The number of likely N-dealkylation sites (tertiary alicyclic amines) is 1. The van der Waals surface area contributed by atoms with Gasteiger partial charge in [0, 0.05) is 100 Å². The predicted molar refractivity (Wildman–Crippen MR) is 284 cm³/mol. The number of H-pyrrole nitrogens is 1. The summed E-state index contributed by atoms with van der Waals surface area (Å²) in [6, 6.07) is 26.8. The van der Waals surface area contributed by atoms with E-state index in [9.17, 15) is 23.3 Å². The number of sulfonamides is 1. The number of nitro benzene ring substituents is 1. The summed E-state index contributed by atoms with van der Waals surface area (Å²) in [5.41, 5.74) is 1.92. The van der Waals surface area contributed by atoms with Crippen LogP contribution in [0.15, 0.2) is 108 Å². The fourth-order valence-electron chi connectivity index (χ4n) is 11.9. The Kier molecular flexibility index (Phi) is 14.0. The van der Waals surface area contributed by atoms with Crippen LogP contribution in [0.25, 0.3) is 11.0 Å². The third-order valence-electron chi connectivity index (χ3n) is 16.3. The molecule has 1 saturated carbocycles. The van der Waals surface area contributed by atoms with Crippen molar-refractivity contribution < 1.29 is 41.1 Å². The van der Waals surface area contributed by atoms with Crippen LogP contribution in [0.1, 0.15) is 78.5 Å². The first-order chi connectivity index (χ1) is 36.5. The van der Waals surface area contributed by atoms with Crippen molar-refractivity contribution >= 4 is 44.0 Å². The fraction of sp³-hybridized carbons (Fsp3) is 0.429. The minimum atomic E-state index is -4.79. The zero-order valence-corrected chi connectivity index (χ0v) is 43.7. The lowest BCUT2D eigenvalue weighted by atomic mass is 9.59. The molecule has 1 amide bonds. The number of nitrogens with zero attached hydrogens (tertiary/aromatic N) is 6. The second kappa shape index (κ2) is 20.7. The van der Waals surface area contributed by atoms with Crippen molar-refractivity contribution in [3.05, 3.63) is 142 Å². The maximum Gasteiger partial charge on any atom is 0.293 e. The highest BCUT2D eigenvalue weighted by atomic mass is 32.2. The molecule has 2 aromatic heterocycles. The number of piperidine rings is 1. The van der Waals surface area contributed by atoms with E-state index >= 15 is 8.78 Å². The SMILES string of the molecule is COc1ccc(CN2CCN(C3CC4(C3)CN(c3cc(Oc5cnc6[nH]ccc6c5)c(C(=O)NS(=O)(=O)c5ccc(NCC6(F)CCN(C7COC7)CC6)c([N+](=O)[O-])c5)cc3F)C4)C(c3ccccc3C(C)C)C2)cc1. The van der Waals surface area contributed by atoms with Gasteiger partial charge in [-0.15, -0.1) is 0 Å². The molecule has 1 unspecified atom stereocenters. The van der Waals surface area contributed by atoms with Crippen LogP contribution in [0, 0.1) is 21.3 Å². The molecule has 4 saturated heterocycles. The highest BCUT2D eigenvalue weighted by Crippen LogP contribution is 2.54. The first-order valence-electron chi connectivity index (χ1n) is 26.0. The van der Waals surface area contributed by atoms with Gasteiger partial charge in [0.2, 0.25) is 0 Å². The van der Waals surface area contributed by atoms with E-state index in [0.717, 1.165) is 63.0 Å². The lowest BCUT2D eigenvalue weighted by Gasteiger charge is -2.63. The van der Waals surface area contributed by atoms with Gasteiger partial charge in [0.1, 0.15) is 40.1 Å². The molecule has 1 aliphatic carbocycles. The van der Waals surface area contributed by atoms with Gasteiger partial charge in [-0.3, -0.25) is 29.6 Å². The molecular weight excluding hydrogens is 997 g/mol. The summed E-state index contributed by atoms with van der Waals surface area (Å²) in [6.07, 6.45) is 5.46. The van der Waals surface area contributed by atoms with Gasteiger partial charge in [0.15, 0.2) is 0 Å². The second-order valence-corrected chi connectivity index (χ2v) is 23.3. The molecule has 0 radical (unpaired) electrons. The van der Waals surface area contributed by atoms with Crippen LogP contribution < -0.4 is 24.4 Å². The summed E-state index contributed by atoms with van der Waals surface area (Å²) in [4.78, 5) is 41.8. The quantitative estimate of drug-likeness (QED) is 0.0581. The standard InChI is InChI=1S/C56H63F2N9O8S/c1-36(2)44-6-4-5-7-45(44)51-30-63(29-37-8-10-41(73-3)11-9-37)20-21-66(51)39-26-55(27-39)34-65(35-55)49-25-52(75-42-22-38-14-17-59-53(38)60-28-42)46(24-47(49)57)54(68)62-76(71,72)43-12-13-48(50(23-43)67(69)70)61-33-56(58)15-18-64(19-16-56)40-31-74-32-40/h4-14,17,22-25,28,36,39-40,51,61H,15-16,18-21,26-27,29-35H2,1-3H3,(H,59,60)(H,62,68). The molecule has 5 fully saturated rings. The van der Waals surface area contributed by atoms with Crippen molar-refractivity contribution in [3.63, 3.8) is 0 Å². The smallest absolute Gasteiger partial charge is 0.293 e. The Bertz CT molecular complexity index is 3240. The van der Waals surface area contributed by atoms with Crippen molar-refractivity contribution in [2.45, 2.75) is 80.7 Å². The highest BCUT2D eigenvalue weighted by Gasteiger charge is 2.55. The molecule has 3 N–H and O–H groups in total. The Morgan fingerprint density at radius 2 is 1.72 bits per heavy atom. The Labute approximate surface area is 440 Å². The normalized spacial score (nSPS) is 20.2. The van der Waals surface area contributed by atoms with Crippen molar-refractivity contribution in [1.82, 2.24) is 29.4 Å². The molecule has 20 heteroatoms. The lowest BCUT2D eigenvalue weighted by Crippen LogP contribution is -2.68. The fourth-order valence-corrected chi connectivity index (χ4v) is 12.9. The van der Waals surface area contributed by atoms with Gasteiger partial charge in [-0.05, 0) is 90.8 Å². The minimum absolute atomic E-state index is 0.0438. The Balaban J connectivity index is 0.792. The van der Waals surface area contributed by atoms with Crippen LogP contribution in [0.2, 0.25) is 0 Å². The van der Waals surface area contributed by atoms with E-state index in [1.165, 1.54) is 35.0 Å². The van der Waals surface area contributed by atoms with Crippen LogP contribution in [0.5, 0.6) is 17.2 Å². The maximum atomic E-state index is 16.6. The van der Waals surface area contributed by atoms with Gasteiger partial charge in [-0.25, -0.2) is 26.9 Å².